The molecular formula is C22H21N7O2S. The number of benzene rings is 2. The van der Waals surface area contributed by atoms with E-state index in [1.54, 1.807) is 46.0 Å². The zero-order valence-corrected chi connectivity index (χ0v) is 18.1. The molecule has 0 bridgehead atoms. The summed E-state index contributed by atoms with van der Waals surface area (Å²) in [6, 6.07) is 16.4. The summed E-state index contributed by atoms with van der Waals surface area (Å²) in [4.78, 5) is 25.0. The predicted molar refractivity (Wildman–Crippen MR) is 122 cm³/mol. The number of amides is 2. The number of carbonyl (C=O) groups is 2. The summed E-state index contributed by atoms with van der Waals surface area (Å²) in [7, 11) is 1.82. The number of para-hydroxylation sites is 1. The van der Waals surface area contributed by atoms with Crippen LogP contribution in [-0.2, 0) is 18.4 Å². The number of hydrogen-bond acceptors (Lipinski definition) is 6. The lowest BCUT2D eigenvalue weighted by atomic mass is 10.1. The van der Waals surface area contributed by atoms with Gasteiger partial charge in [-0.3, -0.25) is 9.59 Å². The second-order valence-corrected chi connectivity index (χ2v) is 7.85. The number of nitrogens with one attached hydrogen (secondary N) is 2. The van der Waals surface area contributed by atoms with Crippen LogP contribution < -0.4 is 10.6 Å². The first-order valence-corrected chi connectivity index (χ1v) is 10.8. The number of aromatic nitrogens is 5. The van der Waals surface area contributed by atoms with E-state index in [1.807, 2.05) is 43.6 Å². The second-order valence-electron chi connectivity index (χ2n) is 6.90. The van der Waals surface area contributed by atoms with Crippen LogP contribution in [0.3, 0.4) is 0 Å². The summed E-state index contributed by atoms with van der Waals surface area (Å²) in [5, 5.41) is 18.4. The van der Waals surface area contributed by atoms with Crippen molar-refractivity contribution in [3.05, 3.63) is 84.4 Å². The normalized spacial score (nSPS) is 10.7. The zero-order valence-electron chi connectivity index (χ0n) is 17.3. The average molecular weight is 448 g/mol. The van der Waals surface area contributed by atoms with Gasteiger partial charge in [0.25, 0.3) is 5.91 Å². The first-order valence-electron chi connectivity index (χ1n) is 9.83. The third kappa shape index (κ3) is 5.22. The molecule has 0 aliphatic heterocycles. The molecule has 0 saturated heterocycles. The van der Waals surface area contributed by atoms with Gasteiger partial charge in [0.05, 0.1) is 11.4 Å². The fraction of sp³-hybridized carbons (Fsp3) is 0.136. The maximum Gasteiger partial charge on any atom is 0.251 e. The Bertz CT molecular complexity index is 1220. The predicted octanol–water partition coefficient (Wildman–Crippen LogP) is 2.66. The standard InChI is InChI=1S/C22H21N7O2S/c1-28-15-24-27-22(28)32-14-20(30)26-18-8-4-7-16(12-18)21(31)23-13-17-6-2-3-9-19(17)29-11-5-10-25-29/h2-12,15H,13-14H2,1H3,(H,23,31)(H,26,30). The molecule has 2 amide bonds. The quantitative estimate of drug-likeness (QED) is 0.402. The Kier molecular flexibility index (Phi) is 6.61. The van der Waals surface area contributed by atoms with Crippen LogP contribution in [-0.4, -0.2) is 42.1 Å². The van der Waals surface area contributed by atoms with Crippen molar-refractivity contribution in [1.29, 1.82) is 0 Å². The van der Waals surface area contributed by atoms with Gasteiger partial charge in [-0.2, -0.15) is 5.10 Å². The molecule has 2 aromatic carbocycles. The van der Waals surface area contributed by atoms with Crippen LogP contribution in [0.15, 0.2) is 78.5 Å². The van der Waals surface area contributed by atoms with Crippen molar-refractivity contribution >= 4 is 29.3 Å². The molecular weight excluding hydrogens is 426 g/mol. The van der Waals surface area contributed by atoms with Crippen LogP contribution in [0.4, 0.5) is 5.69 Å². The summed E-state index contributed by atoms with van der Waals surface area (Å²) >= 11 is 1.29. The molecule has 10 heteroatoms. The highest BCUT2D eigenvalue weighted by Crippen LogP contribution is 2.16. The monoisotopic (exact) mass is 447 g/mol. The molecule has 0 saturated carbocycles. The lowest BCUT2D eigenvalue weighted by molar-refractivity contribution is -0.113. The molecule has 0 unspecified atom stereocenters. The maximum absolute atomic E-state index is 12.7. The summed E-state index contributed by atoms with van der Waals surface area (Å²) in [6.07, 6.45) is 5.14. The summed E-state index contributed by atoms with van der Waals surface area (Å²) in [5.41, 5.74) is 2.85. The van der Waals surface area contributed by atoms with E-state index in [0.29, 0.717) is 23.0 Å². The van der Waals surface area contributed by atoms with Gasteiger partial charge in [0.15, 0.2) is 5.16 Å². The van der Waals surface area contributed by atoms with Gasteiger partial charge >= 0.3 is 0 Å². The number of anilines is 1. The minimum absolute atomic E-state index is 0.188. The van der Waals surface area contributed by atoms with E-state index in [4.69, 9.17) is 0 Å². The van der Waals surface area contributed by atoms with Crippen molar-refractivity contribution in [1.82, 2.24) is 29.9 Å². The van der Waals surface area contributed by atoms with Crippen LogP contribution in [0.2, 0.25) is 0 Å². The molecule has 0 aliphatic carbocycles. The average Bonchev–Trinajstić information content (AvgIpc) is 3.48. The topological polar surface area (TPSA) is 107 Å². The molecule has 2 N–H and O–H groups in total. The number of hydrogen-bond donors (Lipinski definition) is 2. The van der Waals surface area contributed by atoms with Gasteiger partial charge in [-0.05, 0) is 35.9 Å². The minimum Gasteiger partial charge on any atom is -0.348 e. The van der Waals surface area contributed by atoms with Crippen molar-refractivity contribution in [2.24, 2.45) is 7.05 Å². The molecule has 0 radical (unpaired) electrons. The van der Waals surface area contributed by atoms with Crippen LogP contribution >= 0.6 is 11.8 Å². The first kappa shape index (κ1) is 21.3. The molecule has 4 rings (SSSR count). The maximum atomic E-state index is 12.7. The van der Waals surface area contributed by atoms with E-state index in [1.165, 1.54) is 11.8 Å². The zero-order chi connectivity index (χ0) is 22.3. The Morgan fingerprint density at radius 2 is 1.97 bits per heavy atom. The molecule has 2 heterocycles. The molecule has 9 nitrogen and oxygen atoms in total. The number of rotatable bonds is 8. The molecule has 162 valence electrons. The second kappa shape index (κ2) is 9.92. The fourth-order valence-electron chi connectivity index (χ4n) is 3.04. The van der Waals surface area contributed by atoms with Crippen LogP contribution in [0, 0.1) is 0 Å². The number of thioether (sulfide) groups is 1. The van der Waals surface area contributed by atoms with Gasteiger partial charge in [-0.1, -0.05) is 36.0 Å². The Balaban J connectivity index is 1.36. The summed E-state index contributed by atoms with van der Waals surface area (Å²) in [5.74, 6) is -0.235. The molecule has 2 aromatic heterocycles. The van der Waals surface area contributed by atoms with Gasteiger partial charge in [0.1, 0.15) is 6.33 Å². The highest BCUT2D eigenvalue weighted by molar-refractivity contribution is 7.99. The lowest BCUT2D eigenvalue weighted by Gasteiger charge is -2.11. The Labute approximate surface area is 188 Å². The Hall–Kier alpha value is -3.92. The van der Waals surface area contributed by atoms with E-state index in [9.17, 15) is 9.59 Å². The SMILES string of the molecule is Cn1cnnc1SCC(=O)Nc1cccc(C(=O)NCc2ccccc2-n2cccn2)c1. The van der Waals surface area contributed by atoms with Gasteiger partial charge in [-0.15, -0.1) is 10.2 Å². The van der Waals surface area contributed by atoms with Crippen molar-refractivity contribution < 1.29 is 9.59 Å². The highest BCUT2D eigenvalue weighted by atomic mass is 32.2. The van der Waals surface area contributed by atoms with Gasteiger partial charge in [-0.25, -0.2) is 4.68 Å². The number of nitrogens with zero attached hydrogens (tertiary/aromatic N) is 5. The van der Waals surface area contributed by atoms with Crippen molar-refractivity contribution in [2.75, 3.05) is 11.1 Å². The fourth-order valence-corrected chi connectivity index (χ4v) is 3.73. The molecule has 0 aliphatic rings. The molecule has 4 aromatic rings. The van der Waals surface area contributed by atoms with E-state index < -0.39 is 0 Å². The first-order chi connectivity index (χ1) is 15.6. The van der Waals surface area contributed by atoms with E-state index >= 15 is 0 Å². The van der Waals surface area contributed by atoms with Crippen LogP contribution in [0.1, 0.15) is 15.9 Å². The van der Waals surface area contributed by atoms with Gasteiger partial charge in [0.2, 0.25) is 5.91 Å². The third-order valence-electron chi connectivity index (χ3n) is 4.59. The van der Waals surface area contributed by atoms with E-state index in [0.717, 1.165) is 11.3 Å². The summed E-state index contributed by atoms with van der Waals surface area (Å²) in [6.45, 7) is 0.347. The smallest absolute Gasteiger partial charge is 0.251 e. The minimum atomic E-state index is -0.232. The largest absolute Gasteiger partial charge is 0.348 e. The van der Waals surface area contributed by atoms with Crippen molar-refractivity contribution in [3.63, 3.8) is 0 Å². The highest BCUT2D eigenvalue weighted by Gasteiger charge is 2.11. The number of carbonyl (C=O) groups excluding carboxylic acids is 2. The lowest BCUT2D eigenvalue weighted by Crippen LogP contribution is -2.24. The molecule has 0 spiro atoms. The Morgan fingerprint density at radius 1 is 1.09 bits per heavy atom. The Morgan fingerprint density at radius 3 is 2.75 bits per heavy atom. The van der Waals surface area contributed by atoms with Crippen molar-refractivity contribution in [2.45, 2.75) is 11.7 Å². The molecule has 32 heavy (non-hydrogen) atoms. The molecule has 0 fully saturated rings. The summed E-state index contributed by atoms with van der Waals surface area (Å²) < 4.78 is 3.50. The third-order valence-corrected chi connectivity index (χ3v) is 5.63. The van der Waals surface area contributed by atoms with Gasteiger partial charge < -0.3 is 15.2 Å². The molecule has 0 atom stereocenters. The number of aryl methyl sites for hydroxylation is 1. The van der Waals surface area contributed by atoms with E-state index in [-0.39, 0.29) is 17.6 Å². The van der Waals surface area contributed by atoms with E-state index in [2.05, 4.69) is 25.9 Å². The van der Waals surface area contributed by atoms with Crippen LogP contribution in [0.5, 0.6) is 0 Å². The van der Waals surface area contributed by atoms with Crippen LogP contribution in [0.25, 0.3) is 5.69 Å². The van der Waals surface area contributed by atoms with Gasteiger partial charge in [0, 0.05) is 37.2 Å². The van der Waals surface area contributed by atoms with Crippen molar-refractivity contribution in [3.8, 4) is 5.69 Å².